The van der Waals surface area contributed by atoms with E-state index >= 15 is 0 Å². The molecule has 1 aliphatic rings. The molecule has 0 N–H and O–H groups in total. The molecule has 0 aromatic carbocycles. The summed E-state index contributed by atoms with van der Waals surface area (Å²) in [5.74, 6) is 1.38. The lowest BCUT2D eigenvalue weighted by Gasteiger charge is -2.35. The number of piperidine rings is 1. The molecule has 0 saturated carbocycles. The Bertz CT molecular complexity index is 448. The summed E-state index contributed by atoms with van der Waals surface area (Å²) in [6.45, 7) is 8.18. The van der Waals surface area contributed by atoms with Crippen molar-refractivity contribution in [2.75, 3.05) is 6.54 Å². The summed E-state index contributed by atoms with van der Waals surface area (Å²) < 4.78 is 11.0. The first kappa shape index (κ1) is 13.9. The minimum absolute atomic E-state index is 0.0997. The summed E-state index contributed by atoms with van der Waals surface area (Å²) in [5, 5.41) is 0. The van der Waals surface area contributed by atoms with Crippen LogP contribution < -0.4 is 0 Å². The van der Waals surface area contributed by atoms with Crippen LogP contribution in [-0.2, 0) is 4.74 Å². The van der Waals surface area contributed by atoms with E-state index in [4.69, 9.17) is 9.15 Å². The van der Waals surface area contributed by atoms with E-state index in [0.717, 1.165) is 25.0 Å². The van der Waals surface area contributed by atoms with Gasteiger partial charge in [-0.2, -0.15) is 0 Å². The van der Waals surface area contributed by atoms with E-state index in [1.165, 1.54) is 0 Å². The highest BCUT2D eigenvalue weighted by Gasteiger charge is 2.33. The number of rotatable bonds is 1. The lowest BCUT2D eigenvalue weighted by Crippen LogP contribution is -2.42. The number of aryl methyl sites for hydroxylation is 1. The van der Waals surface area contributed by atoms with E-state index in [9.17, 15) is 4.79 Å². The Balaban J connectivity index is 2.14. The number of nitrogens with zero attached hydrogens (tertiary/aromatic N) is 2. The van der Waals surface area contributed by atoms with Crippen LogP contribution in [0.4, 0.5) is 4.79 Å². The number of amides is 1. The molecule has 1 aromatic rings. The van der Waals surface area contributed by atoms with Crippen LogP contribution in [0, 0.1) is 6.92 Å². The Labute approximate surface area is 113 Å². The number of likely N-dealkylation sites (tertiary alicyclic amines) is 1. The van der Waals surface area contributed by atoms with Gasteiger partial charge in [0.25, 0.3) is 0 Å². The Morgan fingerprint density at radius 2 is 2.21 bits per heavy atom. The van der Waals surface area contributed by atoms with Crippen molar-refractivity contribution in [2.24, 2.45) is 0 Å². The molecule has 0 radical (unpaired) electrons. The predicted molar refractivity (Wildman–Crippen MR) is 70.8 cm³/mol. The van der Waals surface area contributed by atoms with Crippen LogP contribution in [-0.4, -0.2) is 28.1 Å². The first-order valence-electron chi connectivity index (χ1n) is 6.79. The first-order chi connectivity index (χ1) is 8.87. The number of carbonyl (C=O) groups excluding carboxylic acids is 1. The lowest BCUT2D eigenvalue weighted by atomic mass is 10.0. The van der Waals surface area contributed by atoms with Crippen LogP contribution in [0.2, 0.25) is 0 Å². The molecule has 5 heteroatoms. The number of hydrogen-bond acceptors (Lipinski definition) is 4. The monoisotopic (exact) mass is 266 g/mol. The van der Waals surface area contributed by atoms with Gasteiger partial charge in [-0.3, -0.25) is 4.90 Å². The van der Waals surface area contributed by atoms with Gasteiger partial charge >= 0.3 is 6.09 Å². The average molecular weight is 266 g/mol. The van der Waals surface area contributed by atoms with Gasteiger partial charge in [-0.1, -0.05) is 0 Å². The summed E-state index contributed by atoms with van der Waals surface area (Å²) in [6, 6.07) is -0.0997. The highest BCUT2D eigenvalue weighted by Crippen LogP contribution is 2.31. The fraction of sp³-hybridized carbons (Fsp3) is 0.714. The smallest absolute Gasteiger partial charge is 0.410 e. The highest BCUT2D eigenvalue weighted by atomic mass is 16.6. The number of oxazole rings is 1. The molecule has 2 rings (SSSR count). The molecule has 0 spiro atoms. The van der Waals surface area contributed by atoms with Crippen LogP contribution in [0.15, 0.2) is 10.6 Å². The van der Waals surface area contributed by atoms with E-state index < -0.39 is 5.60 Å². The molecule has 106 valence electrons. The molecule has 1 aromatic heterocycles. The van der Waals surface area contributed by atoms with Gasteiger partial charge in [-0.25, -0.2) is 9.78 Å². The second-order valence-corrected chi connectivity index (χ2v) is 5.99. The molecule has 0 unspecified atom stereocenters. The Morgan fingerprint density at radius 1 is 1.47 bits per heavy atom. The fourth-order valence-electron chi connectivity index (χ4n) is 2.25. The fourth-order valence-corrected chi connectivity index (χ4v) is 2.25. The van der Waals surface area contributed by atoms with Crippen molar-refractivity contribution in [1.29, 1.82) is 0 Å². The van der Waals surface area contributed by atoms with Crippen LogP contribution in [0.5, 0.6) is 0 Å². The molecule has 5 nitrogen and oxygen atoms in total. The Kier molecular flexibility index (Phi) is 3.83. The third-order valence-corrected chi connectivity index (χ3v) is 3.06. The number of carbonyl (C=O) groups is 1. The van der Waals surface area contributed by atoms with Gasteiger partial charge in [0.15, 0.2) is 0 Å². The standard InChI is InChI=1S/C14H22N2O3/c1-10-9-15-12(18-10)11-7-5-6-8-16(11)13(17)19-14(2,3)4/h9,11H,5-8H2,1-4H3/t11-/m1/s1. The SMILES string of the molecule is Cc1cnc([C@H]2CCCCN2C(=O)OC(C)(C)C)o1. The lowest BCUT2D eigenvalue weighted by molar-refractivity contribution is 0.00600. The summed E-state index contributed by atoms with van der Waals surface area (Å²) in [5.41, 5.74) is -0.481. The molecule has 1 atom stereocenters. The van der Waals surface area contributed by atoms with Gasteiger partial charge < -0.3 is 9.15 Å². The van der Waals surface area contributed by atoms with Crippen LogP contribution in [0.1, 0.15) is 57.7 Å². The summed E-state index contributed by atoms with van der Waals surface area (Å²) >= 11 is 0. The van der Waals surface area contributed by atoms with Crippen LogP contribution in [0.25, 0.3) is 0 Å². The van der Waals surface area contributed by atoms with Gasteiger partial charge in [0.05, 0.1) is 6.20 Å². The highest BCUT2D eigenvalue weighted by molar-refractivity contribution is 5.68. The third kappa shape index (κ3) is 3.49. The Morgan fingerprint density at radius 3 is 2.79 bits per heavy atom. The van der Waals surface area contributed by atoms with E-state index in [1.54, 1.807) is 11.1 Å². The maximum atomic E-state index is 12.2. The zero-order valence-electron chi connectivity index (χ0n) is 12.1. The molecule has 19 heavy (non-hydrogen) atoms. The van der Waals surface area contributed by atoms with Crippen molar-refractivity contribution in [3.63, 3.8) is 0 Å². The minimum Gasteiger partial charge on any atom is -0.444 e. The number of hydrogen-bond donors (Lipinski definition) is 0. The number of aromatic nitrogens is 1. The molecular weight excluding hydrogens is 244 g/mol. The van der Waals surface area contributed by atoms with E-state index in [2.05, 4.69) is 4.98 Å². The summed E-state index contributed by atoms with van der Waals surface area (Å²) in [4.78, 5) is 18.2. The summed E-state index contributed by atoms with van der Waals surface area (Å²) in [7, 11) is 0. The molecule has 0 aliphatic carbocycles. The quantitative estimate of drug-likeness (QED) is 0.781. The largest absolute Gasteiger partial charge is 0.444 e. The molecule has 1 saturated heterocycles. The zero-order valence-corrected chi connectivity index (χ0v) is 12.1. The second-order valence-electron chi connectivity index (χ2n) is 5.99. The van der Waals surface area contributed by atoms with Crippen molar-refractivity contribution < 1.29 is 13.9 Å². The van der Waals surface area contributed by atoms with Crippen molar-refractivity contribution in [3.05, 3.63) is 17.8 Å². The van der Waals surface area contributed by atoms with Crippen molar-refractivity contribution in [1.82, 2.24) is 9.88 Å². The first-order valence-corrected chi connectivity index (χ1v) is 6.79. The van der Waals surface area contributed by atoms with Crippen molar-refractivity contribution >= 4 is 6.09 Å². The van der Waals surface area contributed by atoms with Gasteiger partial charge in [0, 0.05) is 6.54 Å². The van der Waals surface area contributed by atoms with Gasteiger partial charge in [0.2, 0.25) is 5.89 Å². The maximum Gasteiger partial charge on any atom is 0.410 e. The van der Waals surface area contributed by atoms with Gasteiger partial charge in [-0.05, 0) is 47.0 Å². The molecule has 1 aliphatic heterocycles. The normalized spacial score (nSPS) is 20.4. The molecule has 1 amide bonds. The number of ether oxygens (including phenoxy) is 1. The van der Waals surface area contributed by atoms with E-state index in [0.29, 0.717) is 12.4 Å². The van der Waals surface area contributed by atoms with Crippen molar-refractivity contribution in [2.45, 2.75) is 58.6 Å². The Hall–Kier alpha value is -1.52. The molecule has 2 heterocycles. The molecule has 0 bridgehead atoms. The summed E-state index contributed by atoms with van der Waals surface area (Å²) in [6.07, 6.45) is 4.35. The average Bonchev–Trinajstić information content (AvgIpc) is 2.73. The van der Waals surface area contributed by atoms with Gasteiger partial charge in [-0.15, -0.1) is 0 Å². The molecule has 1 fully saturated rings. The zero-order chi connectivity index (χ0) is 14.0. The van der Waals surface area contributed by atoms with Crippen molar-refractivity contribution in [3.8, 4) is 0 Å². The van der Waals surface area contributed by atoms with Gasteiger partial charge in [0.1, 0.15) is 17.4 Å². The van der Waals surface area contributed by atoms with Crippen LogP contribution >= 0.6 is 0 Å². The third-order valence-electron chi connectivity index (χ3n) is 3.06. The van der Waals surface area contributed by atoms with E-state index in [-0.39, 0.29) is 12.1 Å². The predicted octanol–water partition coefficient (Wildman–Crippen LogP) is 3.45. The topological polar surface area (TPSA) is 55.6 Å². The molecular formula is C14H22N2O3. The van der Waals surface area contributed by atoms with Crippen LogP contribution in [0.3, 0.4) is 0 Å². The minimum atomic E-state index is -0.481. The maximum absolute atomic E-state index is 12.2. The van der Waals surface area contributed by atoms with E-state index in [1.807, 2.05) is 27.7 Å². The second kappa shape index (κ2) is 5.23.